The van der Waals surface area contributed by atoms with Gasteiger partial charge >= 0.3 is 0 Å². The van der Waals surface area contributed by atoms with Gasteiger partial charge in [0.25, 0.3) is 5.56 Å². The first-order valence-corrected chi connectivity index (χ1v) is 5.38. The average Bonchev–Trinajstić information content (AvgIpc) is 2.69. The lowest BCUT2D eigenvalue weighted by molar-refractivity contribution is 1.02. The molecule has 0 amide bonds. The molecule has 0 saturated carbocycles. The topological polar surface area (TPSA) is 84.7 Å². The van der Waals surface area contributed by atoms with Crippen LogP contribution in [-0.2, 0) is 6.42 Å². The largest absolute Gasteiger partial charge is 0.383 e. The molecule has 0 radical (unpaired) electrons. The van der Waals surface area contributed by atoms with E-state index in [4.69, 9.17) is 5.73 Å². The van der Waals surface area contributed by atoms with Gasteiger partial charge in [0.1, 0.15) is 5.82 Å². The summed E-state index contributed by atoms with van der Waals surface area (Å²) in [5.41, 5.74) is 7.73. The summed E-state index contributed by atoms with van der Waals surface area (Å²) in [5.74, 6) is 0.779. The fraction of sp³-hybridized carbons (Fsp3) is 0.222. The van der Waals surface area contributed by atoms with Gasteiger partial charge in [0.05, 0.1) is 16.0 Å². The van der Waals surface area contributed by atoms with Crippen molar-refractivity contribution in [1.29, 1.82) is 0 Å². The molecule has 2 heterocycles. The molecule has 0 unspecified atom stereocenters. The number of nitrogen functional groups attached to an aromatic ring is 1. The second-order valence-electron chi connectivity index (χ2n) is 3.00. The van der Waals surface area contributed by atoms with Gasteiger partial charge in [0.2, 0.25) is 0 Å². The summed E-state index contributed by atoms with van der Waals surface area (Å²) in [6.07, 6.45) is 2.23. The number of rotatable bonds is 2. The number of aromatic nitrogens is 3. The van der Waals surface area contributed by atoms with Gasteiger partial charge in [-0.2, -0.15) is 0 Å². The summed E-state index contributed by atoms with van der Waals surface area (Å²) in [4.78, 5) is 23.2. The minimum absolute atomic E-state index is 0.173. The van der Waals surface area contributed by atoms with E-state index in [1.54, 1.807) is 11.7 Å². The Balaban J connectivity index is 2.58. The van der Waals surface area contributed by atoms with Crippen molar-refractivity contribution < 1.29 is 0 Å². The zero-order valence-corrected chi connectivity index (χ0v) is 8.97. The molecule has 0 aliphatic heterocycles. The number of nitrogens with two attached hydrogens (primary N) is 1. The predicted octanol–water partition coefficient (Wildman–Crippen LogP) is 1.04. The van der Waals surface area contributed by atoms with Crippen molar-refractivity contribution in [3.63, 3.8) is 0 Å². The van der Waals surface area contributed by atoms with E-state index in [2.05, 4.69) is 15.0 Å². The molecule has 2 aromatic rings. The molecule has 0 bridgehead atoms. The van der Waals surface area contributed by atoms with Crippen molar-refractivity contribution in [1.82, 2.24) is 15.0 Å². The summed E-state index contributed by atoms with van der Waals surface area (Å²) in [6, 6.07) is 0. The van der Waals surface area contributed by atoms with Gasteiger partial charge in [-0.3, -0.25) is 9.78 Å². The first-order chi connectivity index (χ1) is 7.22. The molecule has 5 nitrogen and oxygen atoms in total. The second-order valence-corrected chi connectivity index (χ2v) is 3.88. The Morgan fingerprint density at radius 2 is 2.40 bits per heavy atom. The molecule has 78 valence electrons. The van der Waals surface area contributed by atoms with E-state index >= 15 is 0 Å². The molecule has 2 aromatic heterocycles. The Bertz CT molecular complexity index is 517. The number of hydrogen-bond acceptors (Lipinski definition) is 5. The standard InChI is InChI=1S/C9H10N4OS/c1-2-5-7(10)12-8(13-9(5)14)6-3-11-4-15-6/h3-4H,2H2,1H3,(H3,10,12,13,14). The van der Waals surface area contributed by atoms with Crippen LogP contribution in [0.25, 0.3) is 10.7 Å². The summed E-state index contributed by atoms with van der Waals surface area (Å²) in [6.45, 7) is 1.87. The SMILES string of the molecule is CCc1c(N)nc(-c2cncs2)[nH]c1=O. The van der Waals surface area contributed by atoms with E-state index in [1.165, 1.54) is 11.3 Å². The molecule has 0 aromatic carbocycles. The zero-order chi connectivity index (χ0) is 10.8. The lowest BCUT2D eigenvalue weighted by Crippen LogP contribution is -2.17. The lowest BCUT2D eigenvalue weighted by atomic mass is 10.2. The van der Waals surface area contributed by atoms with E-state index in [0.717, 1.165) is 4.88 Å². The van der Waals surface area contributed by atoms with Gasteiger partial charge < -0.3 is 10.7 Å². The zero-order valence-electron chi connectivity index (χ0n) is 8.15. The van der Waals surface area contributed by atoms with E-state index in [9.17, 15) is 4.79 Å². The Morgan fingerprint density at radius 3 is 2.93 bits per heavy atom. The van der Waals surface area contributed by atoms with Gasteiger partial charge in [-0.15, -0.1) is 11.3 Å². The van der Waals surface area contributed by atoms with Gasteiger partial charge in [0, 0.05) is 6.20 Å². The summed E-state index contributed by atoms with van der Waals surface area (Å²) < 4.78 is 0. The molecular formula is C9H10N4OS. The van der Waals surface area contributed by atoms with Gasteiger partial charge in [-0.1, -0.05) is 6.92 Å². The van der Waals surface area contributed by atoms with Crippen molar-refractivity contribution in [3.05, 3.63) is 27.6 Å². The van der Waals surface area contributed by atoms with Crippen LogP contribution >= 0.6 is 11.3 Å². The first-order valence-electron chi connectivity index (χ1n) is 4.50. The smallest absolute Gasteiger partial charge is 0.256 e. The van der Waals surface area contributed by atoms with Crippen LogP contribution in [0.15, 0.2) is 16.5 Å². The van der Waals surface area contributed by atoms with E-state index < -0.39 is 0 Å². The monoisotopic (exact) mass is 222 g/mol. The van der Waals surface area contributed by atoms with Crippen molar-refractivity contribution in [2.45, 2.75) is 13.3 Å². The number of hydrogen-bond donors (Lipinski definition) is 2. The molecular weight excluding hydrogens is 212 g/mol. The quantitative estimate of drug-likeness (QED) is 0.795. The van der Waals surface area contributed by atoms with E-state index in [0.29, 0.717) is 23.6 Å². The number of nitrogens with zero attached hydrogens (tertiary/aromatic N) is 2. The third kappa shape index (κ3) is 1.75. The van der Waals surface area contributed by atoms with Crippen molar-refractivity contribution in [3.8, 4) is 10.7 Å². The molecule has 0 aliphatic rings. The molecule has 0 spiro atoms. The number of H-pyrrole nitrogens is 1. The highest BCUT2D eigenvalue weighted by Crippen LogP contribution is 2.19. The highest BCUT2D eigenvalue weighted by molar-refractivity contribution is 7.13. The number of nitrogens with one attached hydrogen (secondary N) is 1. The summed E-state index contributed by atoms with van der Waals surface area (Å²) in [7, 11) is 0. The Kier molecular flexibility index (Phi) is 2.51. The van der Waals surface area contributed by atoms with Crippen LogP contribution in [0.4, 0.5) is 5.82 Å². The molecule has 3 N–H and O–H groups in total. The second kappa shape index (κ2) is 3.82. The summed E-state index contributed by atoms with van der Waals surface area (Å²) >= 11 is 1.41. The minimum atomic E-state index is -0.173. The molecule has 15 heavy (non-hydrogen) atoms. The Hall–Kier alpha value is -1.69. The summed E-state index contributed by atoms with van der Waals surface area (Å²) in [5, 5.41) is 0. The van der Waals surface area contributed by atoms with Crippen molar-refractivity contribution >= 4 is 17.2 Å². The third-order valence-electron chi connectivity index (χ3n) is 2.07. The maximum Gasteiger partial charge on any atom is 0.256 e. The van der Waals surface area contributed by atoms with Crippen LogP contribution in [-0.4, -0.2) is 15.0 Å². The fourth-order valence-electron chi connectivity index (χ4n) is 1.31. The third-order valence-corrected chi connectivity index (χ3v) is 2.85. The van der Waals surface area contributed by atoms with E-state index in [1.807, 2.05) is 6.92 Å². The van der Waals surface area contributed by atoms with Gasteiger partial charge in [-0.25, -0.2) is 4.98 Å². The lowest BCUT2D eigenvalue weighted by Gasteiger charge is -2.02. The van der Waals surface area contributed by atoms with Crippen LogP contribution in [0.3, 0.4) is 0 Å². The molecule has 0 atom stereocenters. The van der Waals surface area contributed by atoms with Gasteiger partial charge in [-0.05, 0) is 6.42 Å². The maximum absolute atomic E-state index is 11.6. The van der Waals surface area contributed by atoms with Gasteiger partial charge in [0.15, 0.2) is 5.82 Å². The van der Waals surface area contributed by atoms with Crippen LogP contribution in [0, 0.1) is 0 Å². The Morgan fingerprint density at radius 1 is 1.60 bits per heavy atom. The molecule has 0 saturated heterocycles. The highest BCUT2D eigenvalue weighted by atomic mass is 32.1. The number of thiazole rings is 1. The maximum atomic E-state index is 11.6. The normalized spacial score (nSPS) is 10.5. The van der Waals surface area contributed by atoms with Crippen LogP contribution in [0.5, 0.6) is 0 Å². The molecule has 0 aliphatic carbocycles. The molecule has 0 fully saturated rings. The number of anilines is 1. The number of aromatic amines is 1. The fourth-order valence-corrected chi connectivity index (χ4v) is 1.87. The molecule has 6 heteroatoms. The minimum Gasteiger partial charge on any atom is -0.383 e. The predicted molar refractivity (Wildman–Crippen MR) is 59.8 cm³/mol. The van der Waals surface area contributed by atoms with Crippen molar-refractivity contribution in [2.75, 3.05) is 5.73 Å². The van der Waals surface area contributed by atoms with Crippen LogP contribution in [0.1, 0.15) is 12.5 Å². The van der Waals surface area contributed by atoms with Crippen LogP contribution in [0.2, 0.25) is 0 Å². The first kappa shape index (κ1) is 9.85. The van der Waals surface area contributed by atoms with Crippen molar-refractivity contribution in [2.24, 2.45) is 0 Å². The Labute approximate surface area is 90.0 Å². The molecule has 2 rings (SSSR count). The average molecular weight is 222 g/mol. The van der Waals surface area contributed by atoms with E-state index in [-0.39, 0.29) is 5.56 Å². The highest BCUT2D eigenvalue weighted by Gasteiger charge is 2.09. The van der Waals surface area contributed by atoms with Crippen LogP contribution < -0.4 is 11.3 Å².